The first-order valence-electron chi connectivity index (χ1n) is 5.28. The van der Waals surface area contributed by atoms with Gasteiger partial charge in [-0.3, -0.25) is 10.1 Å². The highest BCUT2D eigenvalue weighted by Gasteiger charge is 2.13. The highest BCUT2D eigenvalue weighted by Crippen LogP contribution is 2.21. The minimum atomic E-state index is -0.480. The highest BCUT2D eigenvalue weighted by atomic mass is 16.6. The van der Waals surface area contributed by atoms with Gasteiger partial charge in [0.2, 0.25) is 5.82 Å². The number of pyridine rings is 1. The number of phenolic OH excluding ortho intramolecular Hbond substituents is 1. The third kappa shape index (κ3) is 2.73. The van der Waals surface area contributed by atoms with E-state index >= 15 is 0 Å². The maximum Gasteiger partial charge on any atom is 0.311 e. The Morgan fingerprint density at radius 1 is 1.28 bits per heavy atom. The van der Waals surface area contributed by atoms with Gasteiger partial charge in [0.25, 0.3) is 0 Å². The molecule has 0 radical (unpaired) electrons. The first-order valence-corrected chi connectivity index (χ1v) is 5.28. The van der Waals surface area contributed by atoms with Crippen molar-refractivity contribution in [2.24, 2.45) is 0 Å². The molecule has 2 aromatic rings. The summed E-state index contributed by atoms with van der Waals surface area (Å²) >= 11 is 0. The van der Waals surface area contributed by atoms with Gasteiger partial charge in [0, 0.05) is 18.8 Å². The number of aromatic nitrogens is 1. The SMILES string of the molecule is O=[N+]([O-])c1cccnc1NCc1ccc(O)cc1. The van der Waals surface area contributed by atoms with Crippen molar-refractivity contribution >= 4 is 11.5 Å². The minimum absolute atomic E-state index is 0.0590. The van der Waals surface area contributed by atoms with Crippen molar-refractivity contribution in [1.82, 2.24) is 4.98 Å². The van der Waals surface area contributed by atoms with Crippen LogP contribution in [-0.2, 0) is 6.54 Å². The lowest BCUT2D eigenvalue weighted by Gasteiger charge is -2.05. The summed E-state index contributed by atoms with van der Waals surface area (Å²) in [6.45, 7) is 0.401. The number of rotatable bonds is 4. The summed E-state index contributed by atoms with van der Waals surface area (Å²) in [6, 6.07) is 9.50. The lowest BCUT2D eigenvalue weighted by atomic mass is 10.2. The predicted molar refractivity (Wildman–Crippen MR) is 66.3 cm³/mol. The standard InChI is InChI=1S/C12H11N3O3/c16-10-5-3-9(4-6-10)8-14-12-11(15(17)18)2-1-7-13-12/h1-7,16H,8H2,(H,13,14). The van der Waals surface area contributed by atoms with Crippen LogP contribution in [0.3, 0.4) is 0 Å². The van der Waals surface area contributed by atoms with E-state index in [1.165, 1.54) is 18.3 Å². The van der Waals surface area contributed by atoms with Gasteiger partial charge in [-0.25, -0.2) is 4.98 Å². The van der Waals surface area contributed by atoms with Crippen LogP contribution >= 0.6 is 0 Å². The van der Waals surface area contributed by atoms with Crippen molar-refractivity contribution in [3.8, 4) is 5.75 Å². The molecule has 1 aromatic heterocycles. The molecular formula is C12H11N3O3. The maximum absolute atomic E-state index is 10.8. The molecule has 0 atom stereocenters. The summed E-state index contributed by atoms with van der Waals surface area (Å²) in [5.41, 5.74) is 0.837. The number of nitrogens with zero attached hydrogens (tertiary/aromatic N) is 2. The van der Waals surface area contributed by atoms with Crippen molar-refractivity contribution in [2.45, 2.75) is 6.54 Å². The largest absolute Gasteiger partial charge is 0.508 e. The molecule has 0 aliphatic rings. The summed E-state index contributed by atoms with van der Waals surface area (Å²) in [4.78, 5) is 14.2. The molecule has 18 heavy (non-hydrogen) atoms. The Labute approximate surface area is 103 Å². The summed E-state index contributed by atoms with van der Waals surface area (Å²) in [5.74, 6) is 0.415. The number of benzene rings is 1. The summed E-state index contributed by atoms with van der Waals surface area (Å²) in [5, 5.41) is 22.8. The van der Waals surface area contributed by atoms with Crippen LogP contribution in [0.25, 0.3) is 0 Å². The number of aromatic hydroxyl groups is 1. The zero-order valence-electron chi connectivity index (χ0n) is 9.41. The molecule has 0 saturated heterocycles. The molecule has 0 fully saturated rings. The summed E-state index contributed by atoms with van der Waals surface area (Å²) < 4.78 is 0. The van der Waals surface area contributed by atoms with Crippen LogP contribution in [0.15, 0.2) is 42.6 Å². The first-order chi connectivity index (χ1) is 8.66. The van der Waals surface area contributed by atoms with Gasteiger partial charge in [-0.1, -0.05) is 12.1 Å². The normalized spacial score (nSPS) is 10.0. The monoisotopic (exact) mass is 245 g/mol. The average molecular weight is 245 g/mol. The number of hydrogen-bond donors (Lipinski definition) is 2. The second kappa shape index (κ2) is 5.13. The second-order valence-electron chi connectivity index (χ2n) is 3.65. The van der Waals surface area contributed by atoms with Crippen LogP contribution in [0.5, 0.6) is 5.75 Å². The number of hydrogen-bond acceptors (Lipinski definition) is 5. The maximum atomic E-state index is 10.8. The van der Waals surface area contributed by atoms with E-state index in [0.29, 0.717) is 6.54 Å². The van der Waals surface area contributed by atoms with E-state index in [2.05, 4.69) is 10.3 Å². The number of nitrogens with one attached hydrogen (secondary N) is 1. The van der Waals surface area contributed by atoms with Crippen molar-refractivity contribution < 1.29 is 10.0 Å². The third-order valence-electron chi connectivity index (χ3n) is 2.38. The lowest BCUT2D eigenvalue weighted by molar-refractivity contribution is -0.384. The van der Waals surface area contributed by atoms with Gasteiger partial charge >= 0.3 is 5.69 Å². The molecule has 0 unspecified atom stereocenters. The number of nitro groups is 1. The Balaban J connectivity index is 2.10. The van der Waals surface area contributed by atoms with Crippen LogP contribution in [0.1, 0.15) is 5.56 Å². The third-order valence-corrected chi connectivity index (χ3v) is 2.38. The fourth-order valence-corrected chi connectivity index (χ4v) is 1.48. The smallest absolute Gasteiger partial charge is 0.311 e. The van der Waals surface area contributed by atoms with E-state index < -0.39 is 4.92 Å². The van der Waals surface area contributed by atoms with Crippen LogP contribution < -0.4 is 5.32 Å². The molecule has 0 saturated carbocycles. The van der Waals surface area contributed by atoms with Gasteiger partial charge in [0.05, 0.1) is 4.92 Å². The predicted octanol–water partition coefficient (Wildman–Crippen LogP) is 2.31. The van der Waals surface area contributed by atoms with Gasteiger partial charge in [-0.05, 0) is 23.8 Å². The molecule has 0 spiro atoms. The average Bonchev–Trinajstić information content (AvgIpc) is 2.38. The molecule has 0 bridgehead atoms. The van der Waals surface area contributed by atoms with E-state index in [1.807, 2.05) is 0 Å². The molecule has 6 nitrogen and oxygen atoms in total. The Kier molecular flexibility index (Phi) is 3.38. The number of phenols is 1. The molecule has 0 aliphatic heterocycles. The van der Waals surface area contributed by atoms with E-state index in [-0.39, 0.29) is 17.3 Å². The van der Waals surface area contributed by atoms with Gasteiger partial charge in [0.15, 0.2) is 0 Å². The summed E-state index contributed by atoms with van der Waals surface area (Å²) in [6.07, 6.45) is 1.49. The van der Waals surface area contributed by atoms with Crippen molar-refractivity contribution in [3.05, 3.63) is 58.3 Å². The Hall–Kier alpha value is -2.63. The molecule has 92 valence electrons. The molecule has 2 N–H and O–H groups in total. The van der Waals surface area contributed by atoms with Gasteiger partial charge < -0.3 is 10.4 Å². The molecule has 0 amide bonds. The Bertz CT molecular complexity index is 555. The van der Waals surface area contributed by atoms with Crippen molar-refractivity contribution in [3.63, 3.8) is 0 Å². The van der Waals surface area contributed by atoms with E-state index in [1.54, 1.807) is 24.3 Å². The van der Waals surface area contributed by atoms with Crippen LogP contribution in [0.2, 0.25) is 0 Å². The Morgan fingerprint density at radius 2 is 2.00 bits per heavy atom. The van der Waals surface area contributed by atoms with Crippen LogP contribution in [-0.4, -0.2) is 15.0 Å². The Morgan fingerprint density at radius 3 is 2.67 bits per heavy atom. The first kappa shape index (κ1) is 11.8. The minimum Gasteiger partial charge on any atom is -0.508 e. The molecule has 6 heteroatoms. The molecule has 1 aromatic carbocycles. The zero-order valence-corrected chi connectivity index (χ0v) is 9.41. The number of anilines is 1. The van der Waals surface area contributed by atoms with Gasteiger partial charge in [0.1, 0.15) is 5.75 Å². The van der Waals surface area contributed by atoms with E-state index in [9.17, 15) is 10.1 Å². The zero-order chi connectivity index (χ0) is 13.0. The van der Waals surface area contributed by atoms with Crippen molar-refractivity contribution in [2.75, 3.05) is 5.32 Å². The van der Waals surface area contributed by atoms with E-state index in [0.717, 1.165) is 5.56 Å². The van der Waals surface area contributed by atoms with Gasteiger partial charge in [-0.2, -0.15) is 0 Å². The molecule has 2 rings (SSSR count). The van der Waals surface area contributed by atoms with Crippen LogP contribution in [0, 0.1) is 10.1 Å². The highest BCUT2D eigenvalue weighted by molar-refractivity contribution is 5.55. The fraction of sp³-hybridized carbons (Fsp3) is 0.0833. The van der Waals surface area contributed by atoms with Crippen molar-refractivity contribution in [1.29, 1.82) is 0 Å². The molecular weight excluding hydrogens is 234 g/mol. The van der Waals surface area contributed by atoms with E-state index in [4.69, 9.17) is 5.11 Å². The van der Waals surface area contributed by atoms with Gasteiger partial charge in [-0.15, -0.1) is 0 Å². The fourth-order valence-electron chi connectivity index (χ4n) is 1.48. The van der Waals surface area contributed by atoms with Crippen LogP contribution in [0.4, 0.5) is 11.5 Å². The lowest BCUT2D eigenvalue weighted by Crippen LogP contribution is -2.04. The quantitative estimate of drug-likeness (QED) is 0.637. The second-order valence-corrected chi connectivity index (χ2v) is 3.65. The molecule has 0 aliphatic carbocycles. The summed E-state index contributed by atoms with van der Waals surface area (Å²) in [7, 11) is 0. The molecule has 1 heterocycles. The topological polar surface area (TPSA) is 88.3 Å².